The number of hydrogen-bond acceptors (Lipinski definition) is 3. The van der Waals surface area contributed by atoms with E-state index in [1.54, 1.807) is 0 Å². The van der Waals surface area contributed by atoms with Crippen molar-refractivity contribution < 1.29 is 4.74 Å². The molecule has 0 saturated heterocycles. The second-order valence-corrected chi connectivity index (χ2v) is 5.56. The van der Waals surface area contributed by atoms with Crippen LogP contribution < -0.4 is 10.6 Å². The van der Waals surface area contributed by atoms with Gasteiger partial charge < -0.3 is 15.4 Å². The highest BCUT2D eigenvalue weighted by molar-refractivity contribution is 5.47. The highest BCUT2D eigenvalue weighted by Gasteiger charge is 2.21. The Labute approximate surface area is 126 Å². The number of nitrogens with zero attached hydrogens (tertiary/aromatic N) is 1. The fourth-order valence-corrected chi connectivity index (χ4v) is 2.87. The fraction of sp³-hybridized carbons (Fsp3) is 0.333. The first-order chi connectivity index (χ1) is 10.3. The zero-order valence-electron chi connectivity index (χ0n) is 12.5. The minimum absolute atomic E-state index is 0.147. The van der Waals surface area contributed by atoms with Crippen LogP contribution in [0.3, 0.4) is 0 Å². The van der Waals surface area contributed by atoms with Gasteiger partial charge in [0.1, 0.15) is 6.10 Å². The SMILES string of the molecule is CN(CC1OCCc2ccccc21)c1ccc(CN)cc1. The van der Waals surface area contributed by atoms with Crippen LogP contribution in [0.4, 0.5) is 5.69 Å². The number of ether oxygens (including phenoxy) is 1. The second-order valence-electron chi connectivity index (χ2n) is 5.56. The van der Waals surface area contributed by atoms with Crippen LogP contribution >= 0.6 is 0 Å². The van der Waals surface area contributed by atoms with Gasteiger partial charge in [0.25, 0.3) is 0 Å². The maximum atomic E-state index is 5.98. The fourth-order valence-electron chi connectivity index (χ4n) is 2.87. The van der Waals surface area contributed by atoms with Gasteiger partial charge in [-0.1, -0.05) is 36.4 Å². The average Bonchev–Trinajstić information content (AvgIpc) is 2.55. The van der Waals surface area contributed by atoms with Crippen LogP contribution in [0.15, 0.2) is 48.5 Å². The second kappa shape index (κ2) is 6.29. The summed E-state index contributed by atoms with van der Waals surface area (Å²) in [6.45, 7) is 2.25. The molecule has 3 rings (SSSR count). The van der Waals surface area contributed by atoms with Crippen LogP contribution in [-0.2, 0) is 17.7 Å². The van der Waals surface area contributed by atoms with Gasteiger partial charge in [-0.05, 0) is 35.2 Å². The number of likely N-dealkylation sites (N-methyl/N-ethyl adjacent to an activating group) is 1. The first-order valence-electron chi connectivity index (χ1n) is 7.47. The van der Waals surface area contributed by atoms with E-state index in [2.05, 4.69) is 60.5 Å². The molecule has 110 valence electrons. The molecule has 0 saturated carbocycles. The van der Waals surface area contributed by atoms with Gasteiger partial charge >= 0.3 is 0 Å². The zero-order chi connectivity index (χ0) is 14.7. The number of fused-ring (bicyclic) bond motifs is 1. The third kappa shape index (κ3) is 3.09. The molecular formula is C18H22N2O. The molecule has 0 aliphatic carbocycles. The van der Waals surface area contributed by atoms with Crippen LogP contribution in [0.1, 0.15) is 22.8 Å². The molecule has 0 bridgehead atoms. The van der Waals surface area contributed by atoms with E-state index in [1.165, 1.54) is 16.8 Å². The summed E-state index contributed by atoms with van der Waals surface area (Å²) < 4.78 is 5.98. The maximum Gasteiger partial charge on any atom is 0.100 e. The number of benzene rings is 2. The summed E-state index contributed by atoms with van der Waals surface area (Å²) in [5.41, 5.74) is 10.7. The van der Waals surface area contributed by atoms with E-state index in [-0.39, 0.29) is 6.10 Å². The lowest BCUT2D eigenvalue weighted by atomic mass is 9.97. The Balaban J connectivity index is 1.74. The Morgan fingerprint density at radius 3 is 2.67 bits per heavy atom. The quantitative estimate of drug-likeness (QED) is 0.937. The smallest absolute Gasteiger partial charge is 0.100 e. The van der Waals surface area contributed by atoms with E-state index in [0.717, 1.165) is 25.1 Å². The molecule has 0 radical (unpaired) electrons. The van der Waals surface area contributed by atoms with Crippen LogP contribution in [-0.4, -0.2) is 20.2 Å². The highest BCUT2D eigenvalue weighted by atomic mass is 16.5. The third-order valence-electron chi connectivity index (χ3n) is 4.14. The number of anilines is 1. The summed E-state index contributed by atoms with van der Waals surface area (Å²) >= 11 is 0. The van der Waals surface area contributed by atoms with Crippen molar-refractivity contribution in [3.63, 3.8) is 0 Å². The molecule has 1 unspecified atom stereocenters. The molecule has 1 atom stereocenters. The Kier molecular flexibility index (Phi) is 4.23. The third-order valence-corrected chi connectivity index (χ3v) is 4.14. The van der Waals surface area contributed by atoms with Crippen molar-refractivity contribution in [3.8, 4) is 0 Å². The lowest BCUT2D eigenvalue weighted by Crippen LogP contribution is -2.29. The van der Waals surface area contributed by atoms with Crippen molar-refractivity contribution in [2.24, 2.45) is 5.73 Å². The van der Waals surface area contributed by atoms with E-state index in [4.69, 9.17) is 10.5 Å². The van der Waals surface area contributed by atoms with E-state index >= 15 is 0 Å². The molecular weight excluding hydrogens is 260 g/mol. The lowest BCUT2D eigenvalue weighted by Gasteiger charge is -2.30. The molecule has 3 heteroatoms. The van der Waals surface area contributed by atoms with Crippen LogP contribution in [0.25, 0.3) is 0 Å². The lowest BCUT2D eigenvalue weighted by molar-refractivity contribution is 0.0478. The summed E-state index contributed by atoms with van der Waals surface area (Å²) in [4.78, 5) is 2.24. The minimum atomic E-state index is 0.147. The van der Waals surface area contributed by atoms with Gasteiger partial charge in [-0.25, -0.2) is 0 Å². The van der Waals surface area contributed by atoms with E-state index in [9.17, 15) is 0 Å². The normalized spacial score (nSPS) is 17.3. The van der Waals surface area contributed by atoms with Gasteiger partial charge in [-0.2, -0.15) is 0 Å². The first-order valence-corrected chi connectivity index (χ1v) is 7.47. The van der Waals surface area contributed by atoms with Crippen molar-refractivity contribution in [1.82, 2.24) is 0 Å². The molecule has 1 heterocycles. The van der Waals surface area contributed by atoms with Gasteiger partial charge in [0, 0.05) is 25.8 Å². The van der Waals surface area contributed by atoms with Crippen LogP contribution in [0, 0.1) is 0 Å². The molecule has 0 spiro atoms. The molecule has 0 amide bonds. The van der Waals surface area contributed by atoms with Gasteiger partial charge in [0.15, 0.2) is 0 Å². The van der Waals surface area contributed by atoms with Crippen molar-refractivity contribution in [2.45, 2.75) is 19.1 Å². The Morgan fingerprint density at radius 1 is 1.14 bits per heavy atom. The molecule has 1 aliphatic rings. The molecule has 0 fully saturated rings. The van der Waals surface area contributed by atoms with Crippen LogP contribution in [0.2, 0.25) is 0 Å². The predicted molar refractivity (Wildman–Crippen MR) is 86.4 cm³/mol. The van der Waals surface area contributed by atoms with E-state index in [0.29, 0.717) is 6.54 Å². The Morgan fingerprint density at radius 2 is 1.90 bits per heavy atom. The monoisotopic (exact) mass is 282 g/mol. The van der Waals surface area contributed by atoms with Crippen molar-refractivity contribution in [1.29, 1.82) is 0 Å². The van der Waals surface area contributed by atoms with Crippen molar-refractivity contribution in [2.75, 3.05) is 25.1 Å². The molecule has 2 aromatic rings. The maximum absolute atomic E-state index is 5.98. The molecule has 2 N–H and O–H groups in total. The Hall–Kier alpha value is -1.84. The van der Waals surface area contributed by atoms with E-state index < -0.39 is 0 Å². The summed E-state index contributed by atoms with van der Waals surface area (Å²) in [6.07, 6.45) is 1.16. The highest BCUT2D eigenvalue weighted by Crippen LogP contribution is 2.28. The molecule has 2 aromatic carbocycles. The van der Waals surface area contributed by atoms with Crippen molar-refractivity contribution in [3.05, 3.63) is 65.2 Å². The van der Waals surface area contributed by atoms with Crippen LogP contribution in [0.5, 0.6) is 0 Å². The summed E-state index contributed by atoms with van der Waals surface area (Å²) in [5.74, 6) is 0. The predicted octanol–water partition coefficient (Wildman–Crippen LogP) is 2.90. The number of hydrogen-bond donors (Lipinski definition) is 1. The molecule has 0 aromatic heterocycles. The summed E-state index contributed by atoms with van der Waals surface area (Å²) in [7, 11) is 2.11. The summed E-state index contributed by atoms with van der Waals surface area (Å²) in [5, 5.41) is 0. The average molecular weight is 282 g/mol. The minimum Gasteiger partial charge on any atom is -0.372 e. The van der Waals surface area contributed by atoms with Crippen molar-refractivity contribution >= 4 is 5.69 Å². The van der Waals surface area contributed by atoms with Gasteiger partial charge in [0.2, 0.25) is 0 Å². The first kappa shape index (κ1) is 14.1. The Bertz CT molecular complexity index is 594. The van der Waals surface area contributed by atoms with Gasteiger partial charge in [0.05, 0.1) is 6.61 Å². The molecule has 21 heavy (non-hydrogen) atoms. The number of nitrogens with two attached hydrogens (primary N) is 1. The molecule has 3 nitrogen and oxygen atoms in total. The summed E-state index contributed by atoms with van der Waals surface area (Å²) in [6, 6.07) is 17.0. The van der Waals surface area contributed by atoms with E-state index in [1.807, 2.05) is 0 Å². The topological polar surface area (TPSA) is 38.5 Å². The largest absolute Gasteiger partial charge is 0.372 e. The van der Waals surface area contributed by atoms with Gasteiger partial charge in [-0.3, -0.25) is 0 Å². The standard InChI is InChI=1S/C18H22N2O/c1-20(16-8-6-14(12-19)7-9-16)13-18-17-5-3-2-4-15(17)10-11-21-18/h2-9,18H,10-13,19H2,1H3. The van der Waals surface area contributed by atoms with Gasteiger partial charge in [-0.15, -0.1) is 0 Å². The zero-order valence-corrected chi connectivity index (χ0v) is 12.5. The number of rotatable bonds is 4. The molecule has 1 aliphatic heterocycles.